The molecule has 1 aliphatic heterocycles. The van der Waals surface area contributed by atoms with Crippen LogP contribution in [0.4, 0.5) is 9.59 Å². The second-order valence-electron chi connectivity index (χ2n) is 12.2. The number of hydrogen-bond acceptors (Lipinski definition) is 6. The molecule has 0 bridgehead atoms. The number of amides is 4. The van der Waals surface area contributed by atoms with E-state index in [0.29, 0.717) is 29.3 Å². The molecule has 0 saturated carbocycles. The first-order valence-corrected chi connectivity index (χ1v) is 16.0. The highest BCUT2D eigenvalue weighted by atomic mass is 16.5. The predicted octanol–water partition coefficient (Wildman–Crippen LogP) is 4.43. The van der Waals surface area contributed by atoms with Gasteiger partial charge in [0.2, 0.25) is 11.8 Å². The summed E-state index contributed by atoms with van der Waals surface area (Å²) in [5.41, 5.74) is 1.14. The maximum Gasteiger partial charge on any atom is 0.418 e. The summed E-state index contributed by atoms with van der Waals surface area (Å²) < 4.78 is 6.25. The van der Waals surface area contributed by atoms with Crippen molar-refractivity contribution in [2.24, 2.45) is 5.92 Å². The molecule has 0 radical (unpaired) electrons. The van der Waals surface area contributed by atoms with E-state index in [1.165, 1.54) is 11.7 Å². The lowest BCUT2D eigenvalue weighted by molar-refractivity contribution is -0.142. The molecular formula is C33H49N5O7. The molecule has 1 saturated heterocycles. The number of methoxy groups -OCH3 is 1. The molecule has 0 aliphatic carbocycles. The van der Waals surface area contributed by atoms with Crippen molar-refractivity contribution in [1.82, 2.24) is 25.4 Å². The minimum Gasteiger partial charge on any atom is -0.480 e. The minimum atomic E-state index is -1.20. The van der Waals surface area contributed by atoms with Crippen LogP contribution in [0.5, 0.6) is 0 Å². The summed E-state index contributed by atoms with van der Waals surface area (Å²) in [6.07, 6.45) is 5.85. The van der Waals surface area contributed by atoms with Crippen molar-refractivity contribution in [1.29, 1.82) is 0 Å². The van der Waals surface area contributed by atoms with Crippen LogP contribution < -0.4 is 16.0 Å². The van der Waals surface area contributed by atoms with Crippen LogP contribution in [0.1, 0.15) is 85.1 Å². The lowest BCUT2D eigenvalue weighted by Gasteiger charge is -2.40. The number of rotatable bonds is 13. The minimum absolute atomic E-state index is 0.0242. The van der Waals surface area contributed by atoms with Crippen molar-refractivity contribution < 1.29 is 33.8 Å². The van der Waals surface area contributed by atoms with E-state index in [9.17, 15) is 29.1 Å². The number of piperidine rings is 1. The zero-order valence-electron chi connectivity index (χ0n) is 27.3. The van der Waals surface area contributed by atoms with E-state index < -0.39 is 42.0 Å². The summed E-state index contributed by atoms with van der Waals surface area (Å²) in [6.45, 7) is 9.69. The number of carbonyl (C=O) groups is 5. The topological polar surface area (TPSA) is 159 Å². The average Bonchev–Trinajstić information content (AvgIpc) is 3.38. The number of nitrogens with zero attached hydrogens (tertiary/aromatic N) is 2. The molecule has 1 fully saturated rings. The molecule has 248 valence electrons. The smallest absolute Gasteiger partial charge is 0.418 e. The Hall–Kier alpha value is -4.09. The Balaban J connectivity index is 1.95. The molecule has 1 aromatic heterocycles. The van der Waals surface area contributed by atoms with Gasteiger partial charge in [-0.25, -0.2) is 14.4 Å². The van der Waals surface area contributed by atoms with Gasteiger partial charge in [-0.2, -0.15) is 0 Å². The van der Waals surface area contributed by atoms with Crippen LogP contribution in [0.2, 0.25) is 0 Å². The van der Waals surface area contributed by atoms with Crippen LogP contribution in [0.3, 0.4) is 0 Å². The standard InChI is InChI=1S/C33H49N5O7/c1-7-9-16-25(31(41)42)34-29(39)26(18-23-19-37(33(44)45-6)27-17-11-10-15-24(23)27)35-30(40)28(20(3)8-2)36-32(43)38-21(4)13-12-14-22(38)5/h10-11,15,17,19-22,25-26,28H,7-9,12-14,16,18H2,1-6H3,(H,34,39)(H,35,40)(H,36,43)(H,41,42). The fourth-order valence-electron chi connectivity index (χ4n) is 6.02. The zero-order valence-corrected chi connectivity index (χ0v) is 27.3. The van der Waals surface area contributed by atoms with Gasteiger partial charge < -0.3 is 30.7 Å². The lowest BCUT2D eigenvalue weighted by atomic mass is 9.96. The molecule has 6 unspecified atom stereocenters. The van der Waals surface area contributed by atoms with Crippen LogP contribution in [0, 0.1) is 5.92 Å². The number of benzene rings is 1. The van der Waals surface area contributed by atoms with Crippen molar-refractivity contribution in [2.45, 2.75) is 116 Å². The molecule has 3 rings (SSSR count). The Morgan fingerprint density at radius 3 is 2.22 bits per heavy atom. The summed E-state index contributed by atoms with van der Waals surface area (Å²) >= 11 is 0. The molecule has 45 heavy (non-hydrogen) atoms. The van der Waals surface area contributed by atoms with Gasteiger partial charge in [-0.3, -0.25) is 14.2 Å². The number of unbranched alkanes of at least 4 members (excludes halogenated alkanes) is 1. The summed E-state index contributed by atoms with van der Waals surface area (Å²) in [4.78, 5) is 67.4. The summed E-state index contributed by atoms with van der Waals surface area (Å²) in [6, 6.07) is 3.54. The van der Waals surface area contributed by atoms with E-state index in [1.807, 2.05) is 34.6 Å². The Bertz CT molecular complexity index is 1350. The van der Waals surface area contributed by atoms with E-state index in [4.69, 9.17) is 4.74 Å². The number of urea groups is 1. The quantitative estimate of drug-likeness (QED) is 0.256. The number of aromatic nitrogens is 1. The van der Waals surface area contributed by atoms with Gasteiger partial charge in [0.25, 0.3) is 0 Å². The predicted molar refractivity (Wildman–Crippen MR) is 171 cm³/mol. The van der Waals surface area contributed by atoms with Gasteiger partial charge in [0.05, 0.1) is 12.6 Å². The van der Waals surface area contributed by atoms with E-state index in [2.05, 4.69) is 16.0 Å². The molecule has 1 aromatic carbocycles. The summed E-state index contributed by atoms with van der Waals surface area (Å²) in [5, 5.41) is 18.8. The van der Waals surface area contributed by atoms with Gasteiger partial charge in [-0.15, -0.1) is 0 Å². The SMILES string of the molecule is CCCCC(NC(=O)C(Cc1cn(C(=O)OC)c2ccccc12)NC(=O)C(NC(=O)N1C(C)CCCC1C)C(C)CC)C(=O)O. The van der Waals surface area contributed by atoms with E-state index in [1.54, 1.807) is 35.4 Å². The molecule has 2 aromatic rings. The van der Waals surface area contributed by atoms with Gasteiger partial charge >= 0.3 is 18.1 Å². The Morgan fingerprint density at radius 1 is 0.978 bits per heavy atom. The second kappa shape index (κ2) is 16.3. The van der Waals surface area contributed by atoms with E-state index in [-0.39, 0.29) is 36.9 Å². The molecule has 1 aliphatic rings. The Labute approximate surface area is 265 Å². The highest BCUT2D eigenvalue weighted by Crippen LogP contribution is 2.25. The second-order valence-corrected chi connectivity index (χ2v) is 12.2. The number of carboxylic acids is 1. The van der Waals surface area contributed by atoms with Crippen molar-refractivity contribution in [3.8, 4) is 0 Å². The number of likely N-dealkylation sites (tertiary alicyclic amines) is 1. The molecule has 6 atom stereocenters. The Kier molecular flexibility index (Phi) is 12.8. The third kappa shape index (κ3) is 8.76. The number of aliphatic carboxylic acids is 1. The highest BCUT2D eigenvalue weighted by Gasteiger charge is 2.35. The number of ether oxygens (including phenoxy) is 1. The number of para-hydroxylation sites is 1. The first kappa shape index (κ1) is 35.4. The first-order valence-electron chi connectivity index (χ1n) is 16.0. The molecule has 12 heteroatoms. The molecule has 12 nitrogen and oxygen atoms in total. The van der Waals surface area contributed by atoms with Gasteiger partial charge in [-0.1, -0.05) is 58.2 Å². The van der Waals surface area contributed by atoms with Gasteiger partial charge in [0.15, 0.2) is 0 Å². The molecule has 4 amide bonds. The van der Waals surface area contributed by atoms with Crippen LogP contribution in [-0.4, -0.2) is 81.8 Å². The fraction of sp³-hybridized carbons (Fsp3) is 0.606. The summed E-state index contributed by atoms with van der Waals surface area (Å²) in [5.74, 6) is -2.65. The van der Waals surface area contributed by atoms with E-state index in [0.717, 1.165) is 25.7 Å². The van der Waals surface area contributed by atoms with Crippen molar-refractivity contribution in [3.63, 3.8) is 0 Å². The maximum absolute atomic E-state index is 13.9. The number of carbonyl (C=O) groups excluding carboxylic acids is 4. The van der Waals surface area contributed by atoms with Gasteiger partial charge in [0, 0.05) is 30.1 Å². The number of nitrogens with one attached hydrogen (secondary N) is 3. The third-order valence-electron chi connectivity index (χ3n) is 8.89. The van der Waals surface area contributed by atoms with Crippen LogP contribution in [0.15, 0.2) is 30.5 Å². The number of hydrogen-bond donors (Lipinski definition) is 4. The first-order chi connectivity index (χ1) is 21.4. The zero-order chi connectivity index (χ0) is 33.3. The largest absolute Gasteiger partial charge is 0.480 e. The van der Waals surface area contributed by atoms with Gasteiger partial charge in [0.1, 0.15) is 18.1 Å². The van der Waals surface area contributed by atoms with Crippen LogP contribution in [0.25, 0.3) is 10.9 Å². The number of fused-ring (bicyclic) bond motifs is 1. The number of carboxylic acid groups (broad SMARTS) is 1. The lowest BCUT2D eigenvalue weighted by Crippen LogP contribution is -2.60. The summed E-state index contributed by atoms with van der Waals surface area (Å²) in [7, 11) is 1.27. The molecule has 2 heterocycles. The maximum atomic E-state index is 13.9. The van der Waals surface area contributed by atoms with Crippen molar-refractivity contribution in [2.75, 3.05) is 7.11 Å². The Morgan fingerprint density at radius 2 is 1.62 bits per heavy atom. The van der Waals surface area contributed by atoms with Crippen LogP contribution >= 0.6 is 0 Å². The van der Waals surface area contributed by atoms with Crippen molar-refractivity contribution >= 4 is 40.8 Å². The van der Waals surface area contributed by atoms with Crippen LogP contribution in [-0.2, 0) is 25.5 Å². The van der Waals surface area contributed by atoms with Crippen molar-refractivity contribution in [3.05, 3.63) is 36.0 Å². The monoisotopic (exact) mass is 627 g/mol. The molecule has 0 spiro atoms. The third-order valence-corrected chi connectivity index (χ3v) is 8.89. The van der Waals surface area contributed by atoms with E-state index >= 15 is 0 Å². The molecular weight excluding hydrogens is 578 g/mol. The fourth-order valence-corrected chi connectivity index (χ4v) is 6.02. The highest BCUT2D eigenvalue weighted by molar-refractivity contribution is 5.95. The van der Waals surface area contributed by atoms with Gasteiger partial charge in [-0.05, 0) is 57.1 Å². The molecule has 4 N–H and O–H groups in total. The normalized spacial score (nSPS) is 19.2. The average molecular weight is 628 g/mol.